The Morgan fingerprint density at radius 2 is 1.08 bits per heavy atom. The first-order valence-corrected chi connectivity index (χ1v) is 17.7. The first-order chi connectivity index (χ1) is 25.3. The zero-order chi connectivity index (χ0) is 33.5. The van der Waals surface area contributed by atoms with Gasteiger partial charge in [-0.15, -0.1) is 0 Å². The Morgan fingerprint density at radius 1 is 0.431 bits per heavy atom. The van der Waals surface area contributed by atoms with Crippen LogP contribution in [0.3, 0.4) is 0 Å². The largest absolute Gasteiger partial charge is 0.456 e. The number of hydrogen-bond acceptors (Lipinski definition) is 2. The van der Waals surface area contributed by atoms with Crippen LogP contribution in [0.1, 0.15) is 11.5 Å². The highest BCUT2D eigenvalue weighted by Gasteiger charge is 2.37. The third-order valence-corrected chi connectivity index (χ3v) is 10.9. The van der Waals surface area contributed by atoms with Crippen molar-refractivity contribution in [2.24, 2.45) is 0 Å². The Hall–Kier alpha value is -6.58. The minimum absolute atomic E-state index is 0.271. The Balaban J connectivity index is 1.04. The number of furan rings is 1. The van der Waals surface area contributed by atoms with Crippen molar-refractivity contribution in [3.8, 4) is 27.9 Å². The molecule has 9 aromatic rings. The van der Waals surface area contributed by atoms with E-state index in [1.54, 1.807) is 0 Å². The zero-order valence-electron chi connectivity index (χ0n) is 27.8. The topological polar surface area (TPSA) is 21.3 Å². The van der Waals surface area contributed by atoms with E-state index >= 15 is 0 Å². The predicted octanol–water partition coefficient (Wildman–Crippen LogP) is 12.7. The van der Waals surface area contributed by atoms with Crippen LogP contribution in [0, 0.1) is 0 Å². The average Bonchev–Trinajstić information content (AvgIpc) is 3.85. The molecule has 240 valence electrons. The van der Waals surface area contributed by atoms with Crippen molar-refractivity contribution in [2.45, 2.75) is 12.0 Å². The molecule has 2 atom stereocenters. The van der Waals surface area contributed by atoms with E-state index in [2.05, 4.69) is 191 Å². The molecule has 3 heteroatoms. The number of benzene rings is 7. The van der Waals surface area contributed by atoms with Crippen molar-refractivity contribution in [1.82, 2.24) is 4.57 Å². The number of hydrogen-bond donors (Lipinski definition) is 0. The monoisotopic (exact) mass is 652 g/mol. The van der Waals surface area contributed by atoms with E-state index in [0.29, 0.717) is 5.92 Å². The first-order valence-electron chi connectivity index (χ1n) is 17.7. The van der Waals surface area contributed by atoms with Gasteiger partial charge in [0.15, 0.2) is 0 Å². The maximum Gasteiger partial charge on any atom is 0.135 e. The van der Waals surface area contributed by atoms with E-state index in [9.17, 15) is 0 Å². The molecule has 1 aliphatic carbocycles. The molecule has 0 saturated carbocycles. The lowest BCUT2D eigenvalue weighted by atomic mass is 9.89. The normalized spacial score (nSPS) is 16.4. The number of para-hydroxylation sites is 2. The number of fused-ring (bicyclic) bond motifs is 9. The Kier molecular flexibility index (Phi) is 6.08. The third kappa shape index (κ3) is 4.31. The lowest BCUT2D eigenvalue weighted by molar-refractivity contribution is 0.669. The lowest BCUT2D eigenvalue weighted by Gasteiger charge is -2.28. The van der Waals surface area contributed by atoms with Gasteiger partial charge in [-0.3, -0.25) is 0 Å². The van der Waals surface area contributed by atoms with E-state index in [1.165, 1.54) is 61.0 Å². The molecule has 0 fully saturated rings. The molecule has 3 heterocycles. The number of nitrogens with zero attached hydrogens (tertiary/aromatic N) is 2. The standard InChI is InChI=1S/C48H32N2O/c1-3-11-31(12-4-1)32-19-23-46-39(27-32)38-16-8-10-18-44(38)50(46)36-22-26-48-42(30-36)41-29-34(21-25-47(41)51-48)33-20-24-45-40(28-33)37-15-7-9-17-43(37)49(45)35-13-5-2-6-14-35/h1-30,37,43H. The fourth-order valence-electron chi connectivity index (χ4n) is 8.56. The van der Waals surface area contributed by atoms with Crippen LogP contribution in [-0.4, -0.2) is 10.6 Å². The molecule has 7 aromatic carbocycles. The van der Waals surface area contributed by atoms with Gasteiger partial charge in [0.05, 0.1) is 17.1 Å². The second kappa shape index (κ2) is 11.0. The summed E-state index contributed by atoms with van der Waals surface area (Å²) < 4.78 is 8.82. The third-order valence-electron chi connectivity index (χ3n) is 10.9. The van der Waals surface area contributed by atoms with Gasteiger partial charge in [-0.1, -0.05) is 109 Å². The molecule has 0 amide bonds. The van der Waals surface area contributed by atoms with Crippen LogP contribution in [0.4, 0.5) is 11.4 Å². The van der Waals surface area contributed by atoms with Crippen molar-refractivity contribution in [2.75, 3.05) is 4.90 Å². The molecular formula is C48H32N2O. The molecule has 2 aliphatic rings. The van der Waals surface area contributed by atoms with Gasteiger partial charge in [-0.05, 0) is 101 Å². The maximum absolute atomic E-state index is 6.43. The highest BCUT2D eigenvalue weighted by molar-refractivity contribution is 6.12. The minimum atomic E-state index is 0.271. The second-order valence-corrected chi connectivity index (χ2v) is 13.7. The minimum Gasteiger partial charge on any atom is -0.456 e. The molecule has 11 rings (SSSR count). The van der Waals surface area contributed by atoms with Crippen molar-refractivity contribution in [3.05, 3.63) is 188 Å². The van der Waals surface area contributed by atoms with E-state index in [-0.39, 0.29) is 6.04 Å². The first kappa shape index (κ1) is 28.3. The van der Waals surface area contributed by atoms with Crippen molar-refractivity contribution in [3.63, 3.8) is 0 Å². The Morgan fingerprint density at radius 3 is 1.96 bits per heavy atom. The van der Waals surface area contributed by atoms with E-state index < -0.39 is 0 Å². The van der Waals surface area contributed by atoms with Crippen molar-refractivity contribution >= 4 is 55.1 Å². The van der Waals surface area contributed by atoms with Crippen LogP contribution >= 0.6 is 0 Å². The van der Waals surface area contributed by atoms with Crippen molar-refractivity contribution < 1.29 is 4.42 Å². The van der Waals surface area contributed by atoms with Crippen molar-refractivity contribution in [1.29, 1.82) is 0 Å². The number of allylic oxidation sites excluding steroid dienone is 2. The lowest BCUT2D eigenvalue weighted by Crippen LogP contribution is -2.28. The number of aromatic nitrogens is 1. The van der Waals surface area contributed by atoms with Gasteiger partial charge in [0, 0.05) is 44.5 Å². The molecule has 1 aliphatic heterocycles. The van der Waals surface area contributed by atoms with E-state index in [1.807, 2.05) is 0 Å². The highest BCUT2D eigenvalue weighted by Crippen LogP contribution is 2.49. The molecule has 3 nitrogen and oxygen atoms in total. The van der Waals surface area contributed by atoms with Crippen LogP contribution < -0.4 is 4.90 Å². The average molecular weight is 653 g/mol. The number of anilines is 2. The van der Waals surface area contributed by atoms with Gasteiger partial charge in [0.2, 0.25) is 0 Å². The molecule has 0 radical (unpaired) electrons. The van der Waals surface area contributed by atoms with Gasteiger partial charge < -0.3 is 13.9 Å². The van der Waals surface area contributed by atoms with Crippen LogP contribution in [0.5, 0.6) is 0 Å². The van der Waals surface area contributed by atoms with Crippen LogP contribution in [0.15, 0.2) is 186 Å². The van der Waals surface area contributed by atoms with Crippen LogP contribution in [0.25, 0.3) is 71.7 Å². The summed E-state index contributed by atoms with van der Waals surface area (Å²) in [5.74, 6) is 0.307. The summed E-state index contributed by atoms with van der Waals surface area (Å²) in [6.45, 7) is 0. The van der Waals surface area contributed by atoms with Gasteiger partial charge in [-0.25, -0.2) is 0 Å². The molecule has 0 bridgehead atoms. The molecule has 2 aromatic heterocycles. The molecule has 0 saturated heterocycles. The summed E-state index contributed by atoms with van der Waals surface area (Å²) in [5.41, 5.74) is 14.0. The highest BCUT2D eigenvalue weighted by atomic mass is 16.3. The summed E-state index contributed by atoms with van der Waals surface area (Å²) in [7, 11) is 0. The summed E-state index contributed by atoms with van der Waals surface area (Å²) in [6, 6.07) is 57.4. The molecule has 51 heavy (non-hydrogen) atoms. The van der Waals surface area contributed by atoms with Gasteiger partial charge >= 0.3 is 0 Å². The summed E-state index contributed by atoms with van der Waals surface area (Å²) in [6.07, 6.45) is 9.05. The Bertz CT molecular complexity index is 2870. The van der Waals surface area contributed by atoms with Gasteiger partial charge in [0.25, 0.3) is 0 Å². The quantitative estimate of drug-likeness (QED) is 0.189. The van der Waals surface area contributed by atoms with Gasteiger partial charge in [0.1, 0.15) is 11.2 Å². The fraction of sp³-hybridized carbons (Fsp3) is 0.0417. The van der Waals surface area contributed by atoms with E-state index in [4.69, 9.17) is 4.42 Å². The second-order valence-electron chi connectivity index (χ2n) is 13.7. The van der Waals surface area contributed by atoms with Crippen LogP contribution in [0.2, 0.25) is 0 Å². The SMILES string of the molecule is C1=CC2c3cc(-c4ccc5oc6ccc(-n7c8ccccc8c8cc(-c9ccccc9)ccc87)cc6c5c4)ccc3N(c3ccccc3)C2C=C1. The summed E-state index contributed by atoms with van der Waals surface area (Å²) in [5, 5.41) is 4.74. The molecule has 0 spiro atoms. The zero-order valence-corrected chi connectivity index (χ0v) is 27.8. The summed E-state index contributed by atoms with van der Waals surface area (Å²) in [4.78, 5) is 2.48. The molecule has 0 N–H and O–H groups in total. The predicted molar refractivity (Wildman–Crippen MR) is 212 cm³/mol. The molecule has 2 unspecified atom stereocenters. The van der Waals surface area contributed by atoms with E-state index in [0.717, 1.165) is 27.6 Å². The number of rotatable bonds is 4. The smallest absolute Gasteiger partial charge is 0.135 e. The van der Waals surface area contributed by atoms with Gasteiger partial charge in [-0.2, -0.15) is 0 Å². The summed E-state index contributed by atoms with van der Waals surface area (Å²) >= 11 is 0. The van der Waals surface area contributed by atoms with Crippen LogP contribution in [-0.2, 0) is 0 Å². The fourth-order valence-corrected chi connectivity index (χ4v) is 8.56. The molecular weight excluding hydrogens is 621 g/mol. The Labute approximate surface area is 295 Å². The maximum atomic E-state index is 6.43.